The molecule has 0 saturated heterocycles. The molecule has 0 amide bonds. The minimum Gasteiger partial charge on any atom is -0.547 e. The molecule has 1 rings (SSSR count). The Balaban J connectivity index is 2.42. The number of allylic oxidation sites excluding steroid dienone is 3. The first-order valence-corrected chi connectivity index (χ1v) is 7.30. The van der Waals surface area contributed by atoms with Crippen molar-refractivity contribution in [3.8, 4) is 0 Å². The lowest BCUT2D eigenvalue weighted by Gasteiger charge is -2.23. The Kier molecular flexibility index (Phi) is 2.55. The van der Waals surface area contributed by atoms with Gasteiger partial charge >= 0.3 is 0 Å². The van der Waals surface area contributed by atoms with E-state index in [2.05, 4.69) is 38.2 Å². The molecule has 0 atom stereocenters. The Labute approximate surface area is 69.9 Å². The molecular weight excluding hydrogens is 152 g/mol. The van der Waals surface area contributed by atoms with Gasteiger partial charge in [-0.2, -0.15) is 0 Å². The van der Waals surface area contributed by atoms with Gasteiger partial charge in [0.25, 0.3) is 0 Å². The molecule has 62 valence electrons. The summed E-state index contributed by atoms with van der Waals surface area (Å²) in [6.45, 7) is 6.72. The average molecular weight is 168 g/mol. The number of hydrogen-bond donors (Lipinski definition) is 0. The Morgan fingerprint density at radius 1 is 1.55 bits per heavy atom. The summed E-state index contributed by atoms with van der Waals surface area (Å²) in [5.41, 5.74) is 0. The highest BCUT2D eigenvalue weighted by Crippen LogP contribution is 2.20. The van der Waals surface area contributed by atoms with Gasteiger partial charge in [0.1, 0.15) is 0 Å². The van der Waals surface area contributed by atoms with Crippen LogP contribution >= 0.6 is 0 Å². The summed E-state index contributed by atoms with van der Waals surface area (Å²) >= 11 is 0. The monoisotopic (exact) mass is 168 g/mol. The summed E-state index contributed by atoms with van der Waals surface area (Å²) in [5, 5.41) is 0. The molecule has 0 aromatic heterocycles. The molecule has 1 nitrogen and oxygen atoms in total. The molecule has 11 heavy (non-hydrogen) atoms. The van der Waals surface area contributed by atoms with Crippen LogP contribution in [0.5, 0.6) is 0 Å². The van der Waals surface area contributed by atoms with Gasteiger partial charge in [-0.3, -0.25) is 0 Å². The van der Waals surface area contributed by atoms with Gasteiger partial charge < -0.3 is 4.43 Å². The zero-order valence-corrected chi connectivity index (χ0v) is 8.55. The second kappa shape index (κ2) is 3.26. The van der Waals surface area contributed by atoms with Gasteiger partial charge in [-0.25, -0.2) is 0 Å². The summed E-state index contributed by atoms with van der Waals surface area (Å²) < 4.78 is 5.89. The molecular formula is C9H16OSi. The van der Waals surface area contributed by atoms with Crippen molar-refractivity contribution in [3.63, 3.8) is 0 Å². The fourth-order valence-corrected chi connectivity index (χ4v) is 1.94. The zero-order chi connectivity index (χ0) is 8.32. The Hall–Kier alpha value is -0.503. The highest BCUT2D eigenvalue weighted by atomic mass is 28.4. The van der Waals surface area contributed by atoms with E-state index in [0.717, 1.165) is 12.2 Å². The second-order valence-electron chi connectivity index (χ2n) is 3.48. The SMILES string of the molecule is CC[Si](C)(C)OC1=CC=CC1. The zero-order valence-electron chi connectivity index (χ0n) is 7.55. The molecule has 0 N–H and O–H groups in total. The lowest BCUT2D eigenvalue weighted by molar-refractivity contribution is 0.410. The lowest BCUT2D eigenvalue weighted by Crippen LogP contribution is -2.28. The predicted molar refractivity (Wildman–Crippen MR) is 50.9 cm³/mol. The second-order valence-corrected chi connectivity index (χ2v) is 7.91. The molecule has 2 heteroatoms. The van der Waals surface area contributed by atoms with Gasteiger partial charge in [-0.15, -0.1) is 0 Å². The Morgan fingerprint density at radius 2 is 2.27 bits per heavy atom. The summed E-state index contributed by atoms with van der Waals surface area (Å²) in [4.78, 5) is 0. The molecule has 0 unspecified atom stereocenters. The van der Waals surface area contributed by atoms with Crippen LogP contribution in [0.25, 0.3) is 0 Å². The van der Waals surface area contributed by atoms with Crippen molar-refractivity contribution in [2.24, 2.45) is 0 Å². The highest BCUT2D eigenvalue weighted by Gasteiger charge is 2.22. The molecule has 0 saturated carbocycles. The number of hydrogen-bond acceptors (Lipinski definition) is 1. The van der Waals surface area contributed by atoms with Gasteiger partial charge in [0.05, 0.1) is 5.76 Å². The van der Waals surface area contributed by atoms with E-state index < -0.39 is 8.32 Å². The van der Waals surface area contributed by atoms with Crippen molar-refractivity contribution in [1.82, 2.24) is 0 Å². The van der Waals surface area contributed by atoms with Crippen LogP contribution in [-0.4, -0.2) is 8.32 Å². The van der Waals surface area contributed by atoms with Crippen molar-refractivity contribution >= 4 is 8.32 Å². The lowest BCUT2D eigenvalue weighted by atomic mass is 10.4. The maximum absolute atomic E-state index is 5.89. The average Bonchev–Trinajstić information content (AvgIpc) is 2.39. The first kappa shape index (κ1) is 8.59. The van der Waals surface area contributed by atoms with Crippen LogP contribution in [0.2, 0.25) is 19.1 Å². The first-order valence-electron chi connectivity index (χ1n) is 4.19. The normalized spacial score (nSPS) is 16.8. The standard InChI is InChI=1S/C9H16OSi/c1-4-11(2,3)10-9-7-5-6-8-9/h5-7H,4,8H2,1-3H3. The van der Waals surface area contributed by atoms with Crippen LogP contribution in [0.1, 0.15) is 13.3 Å². The Morgan fingerprint density at radius 3 is 2.73 bits per heavy atom. The molecule has 1 aliphatic carbocycles. The van der Waals surface area contributed by atoms with E-state index in [1.165, 1.54) is 6.04 Å². The first-order chi connectivity index (χ1) is 5.14. The quantitative estimate of drug-likeness (QED) is 0.588. The molecule has 0 bridgehead atoms. The van der Waals surface area contributed by atoms with E-state index in [-0.39, 0.29) is 0 Å². The van der Waals surface area contributed by atoms with E-state index in [0.29, 0.717) is 0 Å². The van der Waals surface area contributed by atoms with Crippen molar-refractivity contribution in [1.29, 1.82) is 0 Å². The fourth-order valence-electron chi connectivity index (χ4n) is 0.930. The smallest absolute Gasteiger partial charge is 0.244 e. The summed E-state index contributed by atoms with van der Waals surface area (Å²) in [5.74, 6) is 1.16. The molecule has 0 heterocycles. The highest BCUT2D eigenvalue weighted by molar-refractivity contribution is 6.71. The van der Waals surface area contributed by atoms with Crippen molar-refractivity contribution in [2.75, 3.05) is 0 Å². The summed E-state index contributed by atoms with van der Waals surface area (Å²) in [6, 6.07) is 1.18. The van der Waals surface area contributed by atoms with Crippen LogP contribution in [0, 0.1) is 0 Å². The van der Waals surface area contributed by atoms with Crippen LogP contribution in [0.3, 0.4) is 0 Å². The molecule has 0 fully saturated rings. The fraction of sp³-hybridized carbons (Fsp3) is 0.556. The maximum atomic E-state index is 5.89. The van der Waals surface area contributed by atoms with E-state index in [1.807, 2.05) is 0 Å². The third kappa shape index (κ3) is 2.54. The van der Waals surface area contributed by atoms with Crippen molar-refractivity contribution < 1.29 is 4.43 Å². The largest absolute Gasteiger partial charge is 0.547 e. The van der Waals surface area contributed by atoms with Gasteiger partial charge in [-0.1, -0.05) is 19.1 Å². The van der Waals surface area contributed by atoms with E-state index in [9.17, 15) is 0 Å². The number of rotatable bonds is 3. The van der Waals surface area contributed by atoms with Gasteiger partial charge in [0.2, 0.25) is 8.32 Å². The minimum absolute atomic E-state index is 0.996. The van der Waals surface area contributed by atoms with Crippen molar-refractivity contribution in [2.45, 2.75) is 32.5 Å². The predicted octanol–water partition coefficient (Wildman–Crippen LogP) is 3.07. The van der Waals surface area contributed by atoms with Gasteiger partial charge in [-0.05, 0) is 25.2 Å². The van der Waals surface area contributed by atoms with Crippen LogP contribution in [-0.2, 0) is 4.43 Å². The van der Waals surface area contributed by atoms with Crippen LogP contribution < -0.4 is 0 Å². The topological polar surface area (TPSA) is 9.23 Å². The van der Waals surface area contributed by atoms with Crippen LogP contribution in [0.4, 0.5) is 0 Å². The van der Waals surface area contributed by atoms with E-state index in [4.69, 9.17) is 4.43 Å². The minimum atomic E-state index is -1.35. The van der Waals surface area contributed by atoms with Gasteiger partial charge in [0.15, 0.2) is 0 Å². The Bertz CT molecular complexity index is 192. The third-order valence-electron chi connectivity index (χ3n) is 2.00. The molecule has 0 aromatic rings. The van der Waals surface area contributed by atoms with E-state index in [1.54, 1.807) is 0 Å². The maximum Gasteiger partial charge on any atom is 0.244 e. The van der Waals surface area contributed by atoms with Crippen LogP contribution in [0.15, 0.2) is 24.0 Å². The molecule has 0 spiro atoms. The molecule has 0 radical (unpaired) electrons. The van der Waals surface area contributed by atoms with Crippen molar-refractivity contribution in [3.05, 3.63) is 24.0 Å². The van der Waals surface area contributed by atoms with Gasteiger partial charge in [0, 0.05) is 6.42 Å². The molecule has 1 aliphatic rings. The summed E-state index contributed by atoms with van der Waals surface area (Å²) in [6.07, 6.45) is 7.27. The van der Waals surface area contributed by atoms with E-state index >= 15 is 0 Å². The molecule has 0 aromatic carbocycles. The summed E-state index contributed by atoms with van der Waals surface area (Å²) in [7, 11) is -1.35. The third-order valence-corrected chi connectivity index (χ3v) is 4.51. The molecule has 0 aliphatic heterocycles.